The van der Waals surface area contributed by atoms with Crippen molar-refractivity contribution < 1.29 is 9.53 Å². The summed E-state index contributed by atoms with van der Waals surface area (Å²) in [6, 6.07) is 16.6. The molecule has 1 aromatic carbocycles. The molecule has 1 aromatic heterocycles. The Morgan fingerprint density at radius 1 is 1.10 bits per heavy atom. The molecule has 0 unspecified atom stereocenters. The normalized spacial score (nSPS) is 20.7. The minimum Gasteiger partial charge on any atom is -0.384 e. The van der Waals surface area contributed by atoms with Gasteiger partial charge in [-0.25, -0.2) is 4.98 Å². The van der Waals surface area contributed by atoms with Crippen molar-refractivity contribution in [2.75, 3.05) is 51.3 Å². The first-order valence-corrected chi connectivity index (χ1v) is 10.5. The van der Waals surface area contributed by atoms with Gasteiger partial charge in [0.25, 0.3) is 5.91 Å². The number of ether oxygens (including phenoxy) is 1. The van der Waals surface area contributed by atoms with Crippen LogP contribution in [-0.2, 0) is 4.74 Å². The van der Waals surface area contributed by atoms with E-state index in [-0.39, 0.29) is 11.9 Å². The Morgan fingerprint density at radius 2 is 1.90 bits per heavy atom. The minimum atomic E-state index is 0.0393. The van der Waals surface area contributed by atoms with Gasteiger partial charge in [-0.05, 0) is 36.5 Å². The Bertz CT molecular complexity index is 806. The minimum absolute atomic E-state index is 0.0393. The first-order valence-electron chi connectivity index (χ1n) is 10.5. The van der Waals surface area contributed by atoms with E-state index in [0.29, 0.717) is 11.6 Å². The second-order valence-corrected chi connectivity index (χ2v) is 7.94. The highest BCUT2D eigenvalue weighted by Gasteiger charge is 2.26. The fraction of sp³-hybridized carbons (Fsp3) is 0.478. The lowest BCUT2D eigenvalue weighted by molar-refractivity contribution is 0.0608. The van der Waals surface area contributed by atoms with Crippen LogP contribution in [0.25, 0.3) is 0 Å². The molecule has 1 atom stereocenters. The average Bonchev–Trinajstić information content (AvgIpc) is 2.80. The van der Waals surface area contributed by atoms with E-state index in [1.165, 1.54) is 5.56 Å². The smallest absolute Gasteiger partial charge is 0.272 e. The summed E-state index contributed by atoms with van der Waals surface area (Å²) in [6.45, 7) is 4.96. The third-order valence-electron chi connectivity index (χ3n) is 5.96. The van der Waals surface area contributed by atoms with Gasteiger partial charge in [0.2, 0.25) is 0 Å². The Kier molecular flexibility index (Phi) is 6.42. The number of carbonyl (C=O) groups excluding carboxylic acids is 1. The van der Waals surface area contributed by atoms with Crippen molar-refractivity contribution >= 4 is 11.7 Å². The molecule has 1 amide bonds. The maximum absolute atomic E-state index is 13.0. The molecule has 0 spiro atoms. The van der Waals surface area contributed by atoms with Gasteiger partial charge < -0.3 is 19.9 Å². The molecule has 0 radical (unpaired) electrons. The van der Waals surface area contributed by atoms with Gasteiger partial charge in [0, 0.05) is 52.5 Å². The van der Waals surface area contributed by atoms with Crippen molar-refractivity contribution in [2.45, 2.75) is 18.9 Å². The van der Waals surface area contributed by atoms with Crippen LogP contribution in [0.1, 0.15) is 34.9 Å². The van der Waals surface area contributed by atoms with Crippen LogP contribution < -0.4 is 10.2 Å². The van der Waals surface area contributed by atoms with Gasteiger partial charge in [-0.3, -0.25) is 4.79 Å². The molecule has 1 N–H and O–H groups in total. The monoisotopic (exact) mass is 394 g/mol. The number of methoxy groups -OCH3 is 1. The van der Waals surface area contributed by atoms with Gasteiger partial charge >= 0.3 is 0 Å². The second-order valence-electron chi connectivity index (χ2n) is 7.94. The lowest BCUT2D eigenvalue weighted by Crippen LogP contribution is -2.46. The van der Waals surface area contributed by atoms with Gasteiger partial charge in [0.05, 0.1) is 0 Å². The summed E-state index contributed by atoms with van der Waals surface area (Å²) in [4.78, 5) is 21.9. The van der Waals surface area contributed by atoms with Crippen molar-refractivity contribution in [3.8, 4) is 0 Å². The number of hydrogen-bond acceptors (Lipinski definition) is 5. The largest absolute Gasteiger partial charge is 0.384 e. The highest BCUT2D eigenvalue weighted by molar-refractivity contribution is 5.92. The fourth-order valence-electron chi connectivity index (χ4n) is 4.29. The lowest BCUT2D eigenvalue weighted by atomic mass is 9.97. The third-order valence-corrected chi connectivity index (χ3v) is 5.96. The van der Waals surface area contributed by atoms with E-state index in [9.17, 15) is 4.79 Å². The van der Waals surface area contributed by atoms with E-state index in [2.05, 4.69) is 34.5 Å². The number of anilines is 1. The summed E-state index contributed by atoms with van der Waals surface area (Å²) < 4.78 is 5.26. The van der Waals surface area contributed by atoms with E-state index < -0.39 is 0 Å². The Labute approximate surface area is 172 Å². The molecule has 0 bridgehead atoms. The number of piperidine rings is 1. The molecular weight excluding hydrogens is 364 g/mol. The van der Waals surface area contributed by atoms with Crippen LogP contribution in [0.4, 0.5) is 5.82 Å². The summed E-state index contributed by atoms with van der Waals surface area (Å²) in [6.07, 6.45) is 1.99. The van der Waals surface area contributed by atoms with Crippen molar-refractivity contribution in [3.63, 3.8) is 0 Å². The van der Waals surface area contributed by atoms with E-state index >= 15 is 0 Å². The molecule has 154 valence electrons. The number of hydrogen-bond donors (Lipinski definition) is 1. The van der Waals surface area contributed by atoms with Gasteiger partial charge in [0.1, 0.15) is 11.5 Å². The Hall–Kier alpha value is -2.44. The standard InChI is InChI=1S/C23H30N4O2/c1-29-17-18-10-13-26(14-11-18)23(28)20-8-5-9-22(25-20)27-15-12-24-21(16-27)19-6-3-2-4-7-19/h2-9,18,21,24H,10-17H2,1H3/t21-/m0/s1. The van der Waals surface area contributed by atoms with Crippen molar-refractivity contribution in [2.24, 2.45) is 5.92 Å². The molecular formula is C23H30N4O2. The van der Waals surface area contributed by atoms with E-state index in [4.69, 9.17) is 9.72 Å². The summed E-state index contributed by atoms with van der Waals surface area (Å²) in [7, 11) is 1.74. The number of amides is 1. The SMILES string of the molecule is COCC1CCN(C(=O)c2cccc(N3CCN[C@H](c4ccccc4)C3)n2)CC1. The summed E-state index contributed by atoms with van der Waals surface area (Å²) in [5.74, 6) is 1.48. The lowest BCUT2D eigenvalue weighted by Gasteiger charge is -2.35. The molecule has 3 heterocycles. The zero-order valence-electron chi connectivity index (χ0n) is 17.1. The Morgan fingerprint density at radius 3 is 2.66 bits per heavy atom. The molecule has 6 heteroatoms. The molecule has 0 saturated carbocycles. The molecule has 2 fully saturated rings. The molecule has 4 rings (SSSR count). The number of rotatable bonds is 5. The number of aromatic nitrogens is 1. The molecule has 29 heavy (non-hydrogen) atoms. The first-order chi connectivity index (χ1) is 14.2. The second kappa shape index (κ2) is 9.37. The number of nitrogens with one attached hydrogen (secondary N) is 1. The van der Waals surface area contributed by atoms with Gasteiger partial charge in [-0.2, -0.15) is 0 Å². The van der Waals surface area contributed by atoms with E-state index in [1.807, 2.05) is 29.2 Å². The molecule has 0 aliphatic carbocycles. The Balaban J connectivity index is 1.42. The fourth-order valence-corrected chi connectivity index (χ4v) is 4.29. The van der Waals surface area contributed by atoms with Crippen LogP contribution in [0.3, 0.4) is 0 Å². The van der Waals surface area contributed by atoms with Crippen LogP contribution in [0, 0.1) is 5.92 Å². The van der Waals surface area contributed by atoms with Crippen molar-refractivity contribution in [3.05, 3.63) is 59.8 Å². The average molecular weight is 395 g/mol. The van der Waals surface area contributed by atoms with Crippen LogP contribution in [0.2, 0.25) is 0 Å². The first kappa shape index (κ1) is 19.9. The maximum atomic E-state index is 13.0. The van der Waals surface area contributed by atoms with Gasteiger partial charge in [-0.1, -0.05) is 36.4 Å². The van der Waals surface area contributed by atoms with Crippen LogP contribution in [0.5, 0.6) is 0 Å². The quantitative estimate of drug-likeness (QED) is 0.845. The molecule has 2 aliphatic rings. The number of piperazine rings is 1. The molecule has 2 aliphatic heterocycles. The van der Waals surface area contributed by atoms with Crippen molar-refractivity contribution in [1.29, 1.82) is 0 Å². The maximum Gasteiger partial charge on any atom is 0.272 e. The molecule has 2 saturated heterocycles. The van der Waals surface area contributed by atoms with Crippen LogP contribution >= 0.6 is 0 Å². The van der Waals surface area contributed by atoms with E-state index in [1.54, 1.807) is 7.11 Å². The molecule has 6 nitrogen and oxygen atoms in total. The predicted octanol–water partition coefficient (Wildman–Crippen LogP) is 2.73. The number of carbonyl (C=O) groups is 1. The number of benzene rings is 1. The third kappa shape index (κ3) is 4.77. The number of pyridine rings is 1. The highest BCUT2D eigenvalue weighted by Crippen LogP contribution is 2.23. The summed E-state index contributed by atoms with van der Waals surface area (Å²) >= 11 is 0. The topological polar surface area (TPSA) is 57.7 Å². The van der Waals surface area contributed by atoms with Crippen molar-refractivity contribution in [1.82, 2.24) is 15.2 Å². The van der Waals surface area contributed by atoms with Crippen LogP contribution in [0.15, 0.2) is 48.5 Å². The summed E-state index contributed by atoms with van der Waals surface area (Å²) in [5.41, 5.74) is 1.82. The zero-order chi connectivity index (χ0) is 20.1. The number of nitrogens with zero attached hydrogens (tertiary/aromatic N) is 3. The highest BCUT2D eigenvalue weighted by atomic mass is 16.5. The number of likely N-dealkylation sites (tertiary alicyclic amines) is 1. The zero-order valence-corrected chi connectivity index (χ0v) is 17.1. The molecule has 2 aromatic rings. The predicted molar refractivity (Wildman–Crippen MR) is 114 cm³/mol. The van der Waals surface area contributed by atoms with Crippen LogP contribution in [-0.4, -0.2) is 62.2 Å². The summed E-state index contributed by atoms with van der Waals surface area (Å²) in [5, 5.41) is 3.58. The van der Waals surface area contributed by atoms with Gasteiger partial charge in [0.15, 0.2) is 0 Å². The van der Waals surface area contributed by atoms with Gasteiger partial charge in [-0.15, -0.1) is 0 Å². The van der Waals surface area contributed by atoms with E-state index in [0.717, 1.165) is 58.0 Å².